The van der Waals surface area contributed by atoms with Crippen LogP contribution in [0.5, 0.6) is 0 Å². The van der Waals surface area contributed by atoms with E-state index in [0.717, 1.165) is 19.3 Å². The quantitative estimate of drug-likeness (QED) is 0.749. The van der Waals surface area contributed by atoms with Gasteiger partial charge in [-0.3, -0.25) is 0 Å². The molecule has 3 nitrogen and oxygen atoms in total. The molecular formula is C13H23NO2. The second-order valence-corrected chi connectivity index (χ2v) is 5.55. The van der Waals surface area contributed by atoms with Gasteiger partial charge < -0.3 is 10.1 Å². The van der Waals surface area contributed by atoms with E-state index in [1.165, 1.54) is 6.42 Å². The van der Waals surface area contributed by atoms with E-state index in [9.17, 15) is 4.79 Å². The van der Waals surface area contributed by atoms with Crippen LogP contribution >= 0.6 is 0 Å². The first-order chi connectivity index (χ1) is 7.40. The summed E-state index contributed by atoms with van der Waals surface area (Å²) >= 11 is 0. The zero-order valence-electron chi connectivity index (χ0n) is 10.6. The van der Waals surface area contributed by atoms with Crippen molar-refractivity contribution in [2.24, 2.45) is 5.92 Å². The Morgan fingerprint density at radius 2 is 2.19 bits per heavy atom. The van der Waals surface area contributed by atoms with E-state index in [4.69, 9.17) is 4.74 Å². The molecule has 0 bridgehead atoms. The van der Waals surface area contributed by atoms with Gasteiger partial charge in [-0.25, -0.2) is 4.79 Å². The number of amides is 1. The van der Waals surface area contributed by atoms with E-state index in [-0.39, 0.29) is 12.1 Å². The Morgan fingerprint density at radius 3 is 2.75 bits per heavy atom. The normalized spacial score (nSPS) is 25.2. The third-order valence-electron chi connectivity index (χ3n) is 2.76. The Morgan fingerprint density at radius 1 is 1.50 bits per heavy atom. The molecule has 1 aliphatic rings. The lowest BCUT2D eigenvalue weighted by molar-refractivity contribution is 0.0504. The second-order valence-electron chi connectivity index (χ2n) is 5.55. The zero-order valence-corrected chi connectivity index (χ0v) is 10.6. The van der Waals surface area contributed by atoms with Gasteiger partial charge in [-0.2, -0.15) is 0 Å². The topological polar surface area (TPSA) is 38.3 Å². The number of nitrogens with one attached hydrogen (secondary N) is 1. The summed E-state index contributed by atoms with van der Waals surface area (Å²) in [5.41, 5.74) is -0.413. The molecule has 2 atom stereocenters. The minimum absolute atomic E-state index is 0.278. The molecule has 0 aromatic carbocycles. The van der Waals surface area contributed by atoms with Crippen LogP contribution in [0.4, 0.5) is 4.79 Å². The summed E-state index contributed by atoms with van der Waals surface area (Å²) in [5.74, 6) is 0.678. The van der Waals surface area contributed by atoms with Crippen LogP contribution in [0.25, 0.3) is 0 Å². The van der Waals surface area contributed by atoms with E-state index in [1.807, 2.05) is 26.8 Å². The third kappa shape index (κ3) is 4.69. The van der Waals surface area contributed by atoms with Gasteiger partial charge in [0, 0.05) is 6.04 Å². The predicted molar refractivity (Wildman–Crippen MR) is 65.3 cm³/mol. The van der Waals surface area contributed by atoms with E-state index in [0.29, 0.717) is 5.92 Å². The molecule has 0 unspecified atom stereocenters. The van der Waals surface area contributed by atoms with E-state index < -0.39 is 5.60 Å². The molecule has 92 valence electrons. The van der Waals surface area contributed by atoms with Crippen LogP contribution < -0.4 is 5.32 Å². The molecule has 1 fully saturated rings. The van der Waals surface area contributed by atoms with Crippen LogP contribution in [0.1, 0.15) is 46.5 Å². The van der Waals surface area contributed by atoms with Crippen LogP contribution in [-0.2, 0) is 4.74 Å². The Labute approximate surface area is 98.2 Å². The summed E-state index contributed by atoms with van der Waals surface area (Å²) in [4.78, 5) is 11.5. The Kier molecular flexibility index (Phi) is 4.39. The Bertz CT molecular complexity index is 255. The van der Waals surface area contributed by atoms with Crippen LogP contribution in [-0.4, -0.2) is 17.7 Å². The largest absolute Gasteiger partial charge is 0.444 e. The molecule has 0 radical (unpaired) electrons. The molecule has 0 aliphatic heterocycles. The van der Waals surface area contributed by atoms with Crippen LogP contribution in [0.2, 0.25) is 0 Å². The van der Waals surface area contributed by atoms with Gasteiger partial charge in [-0.15, -0.1) is 6.58 Å². The number of ether oxygens (including phenoxy) is 1. The van der Waals surface area contributed by atoms with Crippen LogP contribution in [0.3, 0.4) is 0 Å². The highest BCUT2D eigenvalue weighted by Crippen LogP contribution is 2.28. The highest BCUT2D eigenvalue weighted by atomic mass is 16.6. The van der Waals surface area contributed by atoms with Crippen molar-refractivity contribution in [2.45, 2.75) is 58.1 Å². The first-order valence-corrected chi connectivity index (χ1v) is 6.01. The third-order valence-corrected chi connectivity index (χ3v) is 2.76. The van der Waals surface area contributed by atoms with Crippen molar-refractivity contribution in [3.63, 3.8) is 0 Å². The van der Waals surface area contributed by atoms with Gasteiger partial charge in [0.05, 0.1) is 0 Å². The molecule has 1 saturated carbocycles. The maximum Gasteiger partial charge on any atom is 0.407 e. The van der Waals surface area contributed by atoms with E-state index >= 15 is 0 Å². The SMILES string of the molecule is C=CC[C@@H]1CC[C@@H](NC(=O)OC(C)(C)C)C1. The Balaban J connectivity index is 2.28. The van der Waals surface area contributed by atoms with Crippen molar-refractivity contribution in [2.75, 3.05) is 0 Å². The lowest BCUT2D eigenvalue weighted by Crippen LogP contribution is -2.37. The number of carbonyl (C=O) groups excluding carboxylic acids is 1. The van der Waals surface area contributed by atoms with Crippen molar-refractivity contribution in [1.29, 1.82) is 0 Å². The fourth-order valence-electron chi connectivity index (χ4n) is 2.13. The number of carbonyl (C=O) groups is 1. The number of hydrogen-bond donors (Lipinski definition) is 1. The monoisotopic (exact) mass is 225 g/mol. The smallest absolute Gasteiger partial charge is 0.407 e. The molecule has 1 amide bonds. The first-order valence-electron chi connectivity index (χ1n) is 6.01. The molecule has 0 saturated heterocycles. The van der Waals surface area contributed by atoms with E-state index in [2.05, 4.69) is 11.9 Å². The molecule has 3 heteroatoms. The lowest BCUT2D eigenvalue weighted by Gasteiger charge is -2.21. The highest BCUT2D eigenvalue weighted by Gasteiger charge is 2.26. The molecule has 0 aromatic rings. The minimum Gasteiger partial charge on any atom is -0.444 e. The lowest BCUT2D eigenvalue weighted by atomic mass is 10.0. The number of hydrogen-bond acceptors (Lipinski definition) is 2. The summed E-state index contributed by atoms with van der Waals surface area (Å²) in [7, 11) is 0. The molecule has 16 heavy (non-hydrogen) atoms. The summed E-state index contributed by atoms with van der Waals surface area (Å²) in [5, 5.41) is 2.93. The predicted octanol–water partition coefficient (Wildman–Crippen LogP) is 3.26. The van der Waals surface area contributed by atoms with Crippen LogP contribution in [0.15, 0.2) is 12.7 Å². The van der Waals surface area contributed by atoms with Crippen molar-refractivity contribution in [3.05, 3.63) is 12.7 Å². The van der Waals surface area contributed by atoms with Gasteiger partial charge in [-0.05, 0) is 52.4 Å². The molecular weight excluding hydrogens is 202 g/mol. The average Bonchev–Trinajstić information content (AvgIpc) is 2.49. The highest BCUT2D eigenvalue weighted by molar-refractivity contribution is 5.68. The molecule has 1 N–H and O–H groups in total. The fraction of sp³-hybridized carbons (Fsp3) is 0.769. The van der Waals surface area contributed by atoms with Gasteiger partial charge in [-0.1, -0.05) is 6.08 Å². The minimum atomic E-state index is -0.413. The van der Waals surface area contributed by atoms with Crippen molar-refractivity contribution < 1.29 is 9.53 Å². The summed E-state index contributed by atoms with van der Waals surface area (Å²) in [6.07, 6.45) is 5.99. The zero-order chi connectivity index (χ0) is 12.2. The van der Waals surface area contributed by atoms with Crippen molar-refractivity contribution >= 4 is 6.09 Å². The molecule has 1 aliphatic carbocycles. The van der Waals surface area contributed by atoms with Crippen molar-refractivity contribution in [3.8, 4) is 0 Å². The Hall–Kier alpha value is -0.990. The summed E-state index contributed by atoms with van der Waals surface area (Å²) in [6, 6.07) is 0.278. The maximum atomic E-state index is 11.5. The standard InChI is InChI=1S/C13H23NO2/c1-5-6-10-7-8-11(9-10)14-12(15)16-13(2,3)4/h5,10-11H,1,6-9H2,2-4H3,(H,14,15)/t10-,11-/m1/s1. The maximum absolute atomic E-state index is 11.5. The van der Waals surface area contributed by atoms with E-state index in [1.54, 1.807) is 0 Å². The van der Waals surface area contributed by atoms with Gasteiger partial charge in [0.15, 0.2) is 0 Å². The number of alkyl carbamates (subject to hydrolysis) is 1. The molecule has 0 aromatic heterocycles. The number of allylic oxidation sites excluding steroid dienone is 1. The number of rotatable bonds is 3. The fourth-order valence-corrected chi connectivity index (χ4v) is 2.13. The van der Waals surface area contributed by atoms with Gasteiger partial charge >= 0.3 is 6.09 Å². The second kappa shape index (κ2) is 5.37. The first kappa shape index (κ1) is 13.1. The van der Waals surface area contributed by atoms with Crippen molar-refractivity contribution in [1.82, 2.24) is 5.32 Å². The molecule has 1 rings (SSSR count). The van der Waals surface area contributed by atoms with Gasteiger partial charge in [0.25, 0.3) is 0 Å². The average molecular weight is 225 g/mol. The summed E-state index contributed by atoms with van der Waals surface area (Å²) in [6.45, 7) is 9.38. The van der Waals surface area contributed by atoms with Gasteiger partial charge in [0.1, 0.15) is 5.60 Å². The van der Waals surface area contributed by atoms with Crippen LogP contribution in [0, 0.1) is 5.92 Å². The summed E-state index contributed by atoms with van der Waals surface area (Å²) < 4.78 is 5.22. The molecule has 0 heterocycles. The molecule has 0 spiro atoms. The van der Waals surface area contributed by atoms with Gasteiger partial charge in [0.2, 0.25) is 0 Å².